The molecule has 0 saturated heterocycles. The summed E-state index contributed by atoms with van der Waals surface area (Å²) in [7, 11) is 0. The van der Waals surface area contributed by atoms with Gasteiger partial charge < -0.3 is 10.6 Å². The van der Waals surface area contributed by atoms with Crippen LogP contribution in [0.5, 0.6) is 0 Å². The zero-order valence-electron chi connectivity index (χ0n) is 13.5. The van der Waals surface area contributed by atoms with Crippen molar-refractivity contribution in [1.82, 2.24) is 10.6 Å². The molecule has 2 aliphatic rings. The molecule has 124 valence electrons. The number of amides is 2. The molecule has 0 saturated carbocycles. The Morgan fingerprint density at radius 2 is 1.20 bits per heavy atom. The minimum Gasteiger partial charge on any atom is -0.321 e. The predicted molar refractivity (Wildman–Crippen MR) is 92.6 cm³/mol. The minimum atomic E-state index is -0.554. The molecule has 0 fully saturated rings. The van der Waals surface area contributed by atoms with Crippen molar-refractivity contribution in [2.45, 2.75) is 13.6 Å². The van der Waals surface area contributed by atoms with Gasteiger partial charge in [0.05, 0.1) is 22.5 Å². The summed E-state index contributed by atoms with van der Waals surface area (Å²) < 4.78 is 12.7. The predicted octanol–water partition coefficient (Wildman–Crippen LogP) is 2.85. The third kappa shape index (κ3) is 2.45. The van der Waals surface area contributed by atoms with Crippen molar-refractivity contribution in [3.05, 3.63) is 81.9 Å². The van der Waals surface area contributed by atoms with E-state index in [0.29, 0.717) is 33.7 Å². The molecule has 2 aromatic carbocycles. The number of carbonyl (C=O) groups is 2. The molecule has 2 aliphatic heterocycles. The smallest absolute Gasteiger partial charge is 0.258 e. The highest BCUT2D eigenvalue weighted by molar-refractivity contribution is 6.30. The van der Waals surface area contributed by atoms with Gasteiger partial charge in [0, 0.05) is 0 Å². The van der Waals surface area contributed by atoms with Gasteiger partial charge in [-0.05, 0) is 23.6 Å². The number of hydrogen-bond donors (Lipinski definition) is 2. The summed E-state index contributed by atoms with van der Waals surface area (Å²) in [5, 5.41) is 5.59. The van der Waals surface area contributed by atoms with Crippen molar-refractivity contribution in [3.8, 4) is 0 Å². The summed E-state index contributed by atoms with van der Waals surface area (Å²) in [4.78, 5) is 25.0. The molecule has 4 rings (SSSR count). The highest BCUT2D eigenvalue weighted by Gasteiger charge is 2.40. The number of halogens is 1. The van der Waals surface area contributed by atoms with Crippen LogP contribution in [0.25, 0.3) is 11.4 Å². The van der Waals surface area contributed by atoms with E-state index in [2.05, 4.69) is 10.6 Å². The van der Waals surface area contributed by atoms with Crippen molar-refractivity contribution >= 4 is 23.2 Å². The van der Waals surface area contributed by atoms with E-state index in [1.807, 2.05) is 31.2 Å². The molecule has 4 nitrogen and oxygen atoms in total. The molecule has 0 radical (unpaired) electrons. The first-order valence-corrected chi connectivity index (χ1v) is 7.92. The molecular formula is C20H15FN2O2. The highest BCUT2D eigenvalue weighted by atomic mass is 19.1. The number of carbonyl (C=O) groups excluding carboxylic acids is 2. The summed E-state index contributed by atoms with van der Waals surface area (Å²) >= 11 is 0. The molecule has 2 N–H and O–H groups in total. The maximum absolute atomic E-state index is 12.7. The average molecular weight is 334 g/mol. The summed E-state index contributed by atoms with van der Waals surface area (Å²) in [6.45, 7) is 1.42. The maximum Gasteiger partial charge on any atom is 0.258 e. The number of aryl methyl sites for hydroxylation is 1. The Labute approximate surface area is 144 Å². The Balaban J connectivity index is 1.84. The fourth-order valence-electron chi connectivity index (χ4n) is 3.09. The summed E-state index contributed by atoms with van der Waals surface area (Å²) in [6, 6.07) is 14.3. The van der Waals surface area contributed by atoms with Crippen molar-refractivity contribution in [2.75, 3.05) is 0 Å². The van der Waals surface area contributed by atoms with Gasteiger partial charge in [-0.1, -0.05) is 54.1 Å². The van der Waals surface area contributed by atoms with Gasteiger partial charge in [-0.15, -0.1) is 0 Å². The van der Waals surface area contributed by atoms with E-state index in [9.17, 15) is 14.0 Å². The van der Waals surface area contributed by atoms with E-state index in [0.717, 1.165) is 11.1 Å². The third-order valence-corrected chi connectivity index (χ3v) is 4.42. The zero-order valence-corrected chi connectivity index (χ0v) is 13.5. The molecule has 25 heavy (non-hydrogen) atoms. The van der Waals surface area contributed by atoms with E-state index < -0.39 is 6.67 Å². The Morgan fingerprint density at radius 1 is 0.760 bits per heavy atom. The lowest BCUT2D eigenvalue weighted by Gasteiger charge is -2.08. The second-order valence-corrected chi connectivity index (χ2v) is 6.10. The Morgan fingerprint density at radius 3 is 1.64 bits per heavy atom. The highest BCUT2D eigenvalue weighted by Crippen LogP contribution is 2.37. The van der Waals surface area contributed by atoms with Gasteiger partial charge >= 0.3 is 0 Å². The van der Waals surface area contributed by atoms with Gasteiger partial charge in [0.15, 0.2) is 0 Å². The quantitative estimate of drug-likeness (QED) is 0.907. The average Bonchev–Trinajstić information content (AvgIpc) is 3.15. The van der Waals surface area contributed by atoms with Gasteiger partial charge in [0.1, 0.15) is 6.67 Å². The fraction of sp³-hybridized carbons (Fsp3) is 0.100. The molecule has 0 atom stereocenters. The zero-order chi connectivity index (χ0) is 17.6. The van der Waals surface area contributed by atoms with Gasteiger partial charge in [-0.3, -0.25) is 9.59 Å². The van der Waals surface area contributed by atoms with Crippen LogP contribution >= 0.6 is 0 Å². The van der Waals surface area contributed by atoms with Crippen LogP contribution in [-0.4, -0.2) is 11.8 Å². The molecule has 0 aromatic heterocycles. The van der Waals surface area contributed by atoms with Crippen molar-refractivity contribution in [3.63, 3.8) is 0 Å². The summed E-state index contributed by atoms with van der Waals surface area (Å²) in [6.07, 6.45) is 0. The first-order chi connectivity index (χ1) is 12.1. The second kappa shape index (κ2) is 5.70. The Hall–Kier alpha value is -3.21. The van der Waals surface area contributed by atoms with E-state index in [1.165, 1.54) is 0 Å². The topological polar surface area (TPSA) is 58.2 Å². The standard InChI is InChI=1S/C20H15FN2O2/c1-11-2-6-13(7-3-11)17-15-16(20(25)22-17)18(23-19(15)24)14-8-4-12(10-21)5-9-14/h2-9H,10H2,1H3,(H,22,25)(H,23,24). The monoisotopic (exact) mass is 334 g/mol. The molecule has 0 spiro atoms. The lowest BCUT2D eigenvalue weighted by Crippen LogP contribution is -2.21. The van der Waals surface area contributed by atoms with Crippen LogP contribution in [0.4, 0.5) is 4.39 Å². The second-order valence-electron chi connectivity index (χ2n) is 6.10. The van der Waals surface area contributed by atoms with Gasteiger partial charge in [-0.25, -0.2) is 4.39 Å². The molecule has 0 unspecified atom stereocenters. The normalized spacial score (nSPS) is 16.2. The van der Waals surface area contributed by atoms with Crippen LogP contribution in [0.2, 0.25) is 0 Å². The van der Waals surface area contributed by atoms with E-state index in [1.54, 1.807) is 24.3 Å². The van der Waals surface area contributed by atoms with Crippen LogP contribution in [-0.2, 0) is 16.3 Å². The van der Waals surface area contributed by atoms with Crippen LogP contribution in [0.1, 0.15) is 22.3 Å². The minimum absolute atomic E-state index is 0.312. The molecule has 5 heteroatoms. The molecule has 2 aromatic rings. The number of fused-ring (bicyclic) bond motifs is 1. The number of rotatable bonds is 3. The van der Waals surface area contributed by atoms with Crippen LogP contribution in [0.15, 0.2) is 59.7 Å². The summed E-state index contributed by atoms with van der Waals surface area (Å²) in [5.41, 5.74) is 4.79. The van der Waals surface area contributed by atoms with E-state index in [-0.39, 0.29) is 11.8 Å². The van der Waals surface area contributed by atoms with E-state index in [4.69, 9.17) is 0 Å². The van der Waals surface area contributed by atoms with Crippen molar-refractivity contribution < 1.29 is 14.0 Å². The Bertz CT molecular complexity index is 954. The molecule has 0 aliphatic carbocycles. The van der Waals surface area contributed by atoms with Gasteiger partial charge in [0.25, 0.3) is 11.8 Å². The van der Waals surface area contributed by atoms with Crippen LogP contribution in [0, 0.1) is 6.92 Å². The third-order valence-electron chi connectivity index (χ3n) is 4.42. The Kier molecular flexibility index (Phi) is 3.50. The number of hydrogen-bond acceptors (Lipinski definition) is 2. The van der Waals surface area contributed by atoms with Crippen LogP contribution in [0.3, 0.4) is 0 Å². The molecule has 2 amide bonds. The van der Waals surface area contributed by atoms with Crippen molar-refractivity contribution in [1.29, 1.82) is 0 Å². The van der Waals surface area contributed by atoms with Gasteiger partial charge in [0.2, 0.25) is 0 Å². The fourth-order valence-corrected chi connectivity index (χ4v) is 3.09. The molecule has 0 bridgehead atoms. The van der Waals surface area contributed by atoms with Gasteiger partial charge in [-0.2, -0.15) is 0 Å². The van der Waals surface area contributed by atoms with Crippen LogP contribution < -0.4 is 10.6 Å². The lowest BCUT2D eigenvalue weighted by molar-refractivity contribution is -0.117. The summed E-state index contributed by atoms with van der Waals surface area (Å²) in [5.74, 6) is -0.623. The molecular weight excluding hydrogens is 319 g/mol. The van der Waals surface area contributed by atoms with Crippen molar-refractivity contribution in [2.24, 2.45) is 0 Å². The first kappa shape index (κ1) is 15.3. The maximum atomic E-state index is 12.7. The number of nitrogens with one attached hydrogen (secondary N) is 2. The number of alkyl halides is 1. The SMILES string of the molecule is Cc1ccc(C2=C3C(=O)NC(c4ccc(CF)cc4)=C3C(=O)N2)cc1. The van der Waals surface area contributed by atoms with E-state index >= 15 is 0 Å². The number of benzene rings is 2. The molecule has 2 heterocycles. The lowest BCUT2D eigenvalue weighted by atomic mass is 10.0. The first-order valence-electron chi connectivity index (χ1n) is 7.92. The largest absolute Gasteiger partial charge is 0.321 e.